The molecule has 0 saturated carbocycles. The average molecular weight is 269 g/mol. The summed E-state index contributed by atoms with van der Waals surface area (Å²) in [6, 6.07) is 6.30. The highest BCUT2D eigenvalue weighted by atomic mass is 32.2. The molecule has 3 atom stereocenters. The molecule has 0 amide bonds. The number of ether oxygens (including phenoxy) is 1. The molecule has 0 spiro atoms. The first kappa shape index (κ1) is 12.1. The van der Waals surface area contributed by atoms with Gasteiger partial charge in [0.15, 0.2) is 0 Å². The van der Waals surface area contributed by atoms with Gasteiger partial charge in [-0.25, -0.2) is 8.42 Å². The van der Waals surface area contributed by atoms with Crippen LogP contribution in [0, 0.1) is 6.92 Å². The van der Waals surface area contributed by atoms with Crippen LogP contribution < -0.4 is 0 Å². The molecule has 0 unspecified atom stereocenters. The lowest BCUT2D eigenvalue weighted by Gasteiger charge is -2.25. The smallest absolute Gasteiger partial charge is 0.243 e. The Hall–Kier alpha value is -0.950. The Morgan fingerprint density at radius 3 is 2.50 bits per heavy atom. The molecule has 6 heteroatoms. The minimum atomic E-state index is -3.53. The van der Waals surface area contributed by atoms with Gasteiger partial charge in [-0.3, -0.25) is 0 Å². The lowest BCUT2D eigenvalue weighted by Crippen LogP contribution is -2.42. The van der Waals surface area contributed by atoms with Crippen molar-refractivity contribution in [2.45, 2.75) is 30.1 Å². The number of aliphatic hydroxyl groups is 1. The van der Waals surface area contributed by atoms with Crippen molar-refractivity contribution in [3.05, 3.63) is 29.8 Å². The van der Waals surface area contributed by atoms with Gasteiger partial charge in [0.1, 0.15) is 6.10 Å². The Labute approximate surface area is 106 Å². The first-order valence-electron chi connectivity index (χ1n) is 5.88. The summed E-state index contributed by atoms with van der Waals surface area (Å²) in [6.07, 6.45) is -1.08. The molecule has 1 N–H and O–H groups in total. The molecule has 2 saturated heterocycles. The molecule has 18 heavy (non-hydrogen) atoms. The number of rotatable bonds is 2. The summed E-state index contributed by atoms with van der Waals surface area (Å²) in [4.78, 5) is 0.271. The van der Waals surface area contributed by atoms with E-state index in [-0.39, 0.29) is 24.2 Å². The van der Waals surface area contributed by atoms with Gasteiger partial charge in [-0.1, -0.05) is 17.7 Å². The summed E-state index contributed by atoms with van der Waals surface area (Å²) in [5.74, 6) is 0. The molecule has 3 rings (SSSR count). The first-order chi connectivity index (χ1) is 8.50. The number of aryl methyl sites for hydroxylation is 1. The molecule has 2 bridgehead atoms. The van der Waals surface area contributed by atoms with Crippen molar-refractivity contribution in [1.29, 1.82) is 0 Å². The van der Waals surface area contributed by atoms with Crippen molar-refractivity contribution >= 4 is 10.0 Å². The van der Waals surface area contributed by atoms with Gasteiger partial charge in [-0.05, 0) is 19.1 Å². The Kier molecular flexibility index (Phi) is 2.71. The Balaban J connectivity index is 1.94. The van der Waals surface area contributed by atoms with Crippen LogP contribution in [0.1, 0.15) is 5.56 Å². The van der Waals surface area contributed by atoms with Gasteiger partial charge in [0.05, 0.1) is 23.6 Å². The van der Waals surface area contributed by atoms with E-state index in [1.54, 1.807) is 24.3 Å². The summed E-state index contributed by atoms with van der Waals surface area (Å²) in [5, 5.41) is 9.82. The van der Waals surface area contributed by atoms with E-state index in [4.69, 9.17) is 4.74 Å². The van der Waals surface area contributed by atoms with E-state index in [2.05, 4.69) is 0 Å². The van der Waals surface area contributed by atoms with Crippen LogP contribution in [0.5, 0.6) is 0 Å². The molecule has 0 radical (unpaired) electrons. The summed E-state index contributed by atoms with van der Waals surface area (Å²) in [6.45, 7) is 2.42. The molecule has 0 aromatic heterocycles. The number of morpholine rings is 1. The van der Waals surface area contributed by atoms with Gasteiger partial charge in [-0.2, -0.15) is 4.31 Å². The molecule has 0 aliphatic carbocycles. The highest BCUT2D eigenvalue weighted by molar-refractivity contribution is 7.89. The van der Waals surface area contributed by atoms with E-state index < -0.39 is 22.2 Å². The highest BCUT2D eigenvalue weighted by Gasteiger charge is 2.52. The third kappa shape index (κ3) is 1.68. The van der Waals surface area contributed by atoms with Crippen LogP contribution in [0.25, 0.3) is 0 Å². The predicted molar refractivity (Wildman–Crippen MR) is 64.6 cm³/mol. The van der Waals surface area contributed by atoms with Crippen molar-refractivity contribution in [3.8, 4) is 0 Å². The molecule has 2 aliphatic heterocycles. The quantitative estimate of drug-likeness (QED) is 0.828. The maximum absolute atomic E-state index is 12.4. The number of benzene rings is 1. The van der Waals surface area contributed by atoms with E-state index in [0.29, 0.717) is 0 Å². The highest BCUT2D eigenvalue weighted by Crippen LogP contribution is 2.33. The maximum atomic E-state index is 12.4. The van der Waals surface area contributed by atoms with E-state index in [0.717, 1.165) is 5.56 Å². The second-order valence-electron chi connectivity index (χ2n) is 4.82. The minimum Gasteiger partial charge on any atom is -0.389 e. The number of fused-ring (bicyclic) bond motifs is 2. The molecule has 2 aliphatic rings. The molecule has 5 nitrogen and oxygen atoms in total. The second-order valence-corrected chi connectivity index (χ2v) is 6.71. The number of hydrogen-bond acceptors (Lipinski definition) is 4. The van der Waals surface area contributed by atoms with Crippen molar-refractivity contribution in [3.63, 3.8) is 0 Å². The normalized spacial score (nSPS) is 32.0. The number of sulfonamides is 1. The summed E-state index contributed by atoms with van der Waals surface area (Å²) in [7, 11) is -3.53. The van der Waals surface area contributed by atoms with Gasteiger partial charge in [0.25, 0.3) is 0 Å². The van der Waals surface area contributed by atoms with E-state index in [1.165, 1.54) is 4.31 Å². The van der Waals surface area contributed by atoms with Crippen LogP contribution in [0.2, 0.25) is 0 Å². The first-order valence-corrected chi connectivity index (χ1v) is 7.32. The molecule has 1 aromatic rings. The number of aliphatic hydroxyl groups excluding tert-OH is 1. The Bertz CT molecular complexity index is 554. The molecule has 2 heterocycles. The predicted octanol–water partition coefficient (Wildman–Crippen LogP) is 0.128. The van der Waals surface area contributed by atoms with Gasteiger partial charge in [0.2, 0.25) is 10.0 Å². The fourth-order valence-electron chi connectivity index (χ4n) is 2.52. The topological polar surface area (TPSA) is 66.8 Å². The zero-order chi connectivity index (χ0) is 12.9. The van der Waals surface area contributed by atoms with Crippen molar-refractivity contribution < 1.29 is 18.3 Å². The summed E-state index contributed by atoms with van der Waals surface area (Å²) in [5.41, 5.74) is 1.01. The average Bonchev–Trinajstić information content (AvgIpc) is 2.86. The van der Waals surface area contributed by atoms with Gasteiger partial charge in [-0.15, -0.1) is 0 Å². The fourth-order valence-corrected chi connectivity index (χ4v) is 4.15. The third-order valence-electron chi connectivity index (χ3n) is 3.61. The van der Waals surface area contributed by atoms with Gasteiger partial charge in [0, 0.05) is 6.54 Å². The third-order valence-corrected chi connectivity index (χ3v) is 5.52. The fraction of sp³-hybridized carbons (Fsp3) is 0.500. The van der Waals surface area contributed by atoms with Gasteiger partial charge < -0.3 is 9.84 Å². The lowest BCUT2D eigenvalue weighted by atomic mass is 10.2. The standard InChI is InChI=1S/C12H15NO4S/c1-8-2-4-9(5-3-8)18(15,16)13-6-11-12(14)10(13)7-17-11/h2-5,10-12,14H,6-7H2,1H3/t10-,11-,12+/m1/s1. The Morgan fingerprint density at radius 1 is 1.33 bits per heavy atom. The van der Waals surface area contributed by atoms with Crippen LogP contribution in [0.15, 0.2) is 29.2 Å². The molecule has 98 valence electrons. The van der Waals surface area contributed by atoms with Gasteiger partial charge >= 0.3 is 0 Å². The lowest BCUT2D eigenvalue weighted by molar-refractivity contribution is 0.0406. The maximum Gasteiger partial charge on any atom is 0.243 e. The van der Waals surface area contributed by atoms with Crippen LogP contribution in [0.3, 0.4) is 0 Å². The summed E-state index contributed by atoms with van der Waals surface area (Å²) >= 11 is 0. The molecular formula is C12H15NO4S. The van der Waals surface area contributed by atoms with Crippen LogP contribution in [-0.2, 0) is 14.8 Å². The van der Waals surface area contributed by atoms with Crippen molar-refractivity contribution in [1.82, 2.24) is 4.31 Å². The van der Waals surface area contributed by atoms with Crippen LogP contribution in [-0.4, -0.2) is 49.2 Å². The minimum absolute atomic E-state index is 0.238. The van der Waals surface area contributed by atoms with E-state index in [1.807, 2.05) is 6.92 Å². The van der Waals surface area contributed by atoms with Crippen molar-refractivity contribution in [2.75, 3.05) is 13.2 Å². The molecule has 1 aromatic carbocycles. The largest absolute Gasteiger partial charge is 0.389 e. The molecule has 2 fully saturated rings. The number of hydrogen-bond donors (Lipinski definition) is 1. The van der Waals surface area contributed by atoms with E-state index >= 15 is 0 Å². The van der Waals surface area contributed by atoms with Crippen LogP contribution in [0.4, 0.5) is 0 Å². The zero-order valence-corrected chi connectivity index (χ0v) is 10.8. The SMILES string of the molecule is Cc1ccc(S(=O)(=O)N2C[C@H]3OC[C@@H]2[C@@H]3O)cc1. The Morgan fingerprint density at radius 2 is 2.00 bits per heavy atom. The van der Waals surface area contributed by atoms with Crippen molar-refractivity contribution in [2.24, 2.45) is 0 Å². The number of nitrogens with zero attached hydrogens (tertiary/aromatic N) is 1. The molecular weight excluding hydrogens is 254 g/mol. The van der Waals surface area contributed by atoms with E-state index in [9.17, 15) is 13.5 Å². The monoisotopic (exact) mass is 269 g/mol. The van der Waals surface area contributed by atoms with Crippen LogP contribution >= 0.6 is 0 Å². The zero-order valence-electron chi connectivity index (χ0n) is 9.98. The second kappa shape index (κ2) is 4.03. The summed E-state index contributed by atoms with van der Waals surface area (Å²) < 4.78 is 31.5.